The number of aromatic nitrogens is 2. The van der Waals surface area contributed by atoms with E-state index in [9.17, 15) is 4.79 Å². The third-order valence-corrected chi connectivity index (χ3v) is 2.77. The Bertz CT molecular complexity index is 349. The zero-order valence-electron chi connectivity index (χ0n) is 10.1. The third-order valence-electron chi connectivity index (χ3n) is 2.77. The Morgan fingerprint density at radius 3 is 2.88 bits per heavy atom. The van der Waals surface area contributed by atoms with Crippen molar-refractivity contribution in [2.75, 3.05) is 13.6 Å². The van der Waals surface area contributed by atoms with E-state index < -0.39 is 5.97 Å². The van der Waals surface area contributed by atoms with Crippen LogP contribution in [0.25, 0.3) is 0 Å². The van der Waals surface area contributed by atoms with Gasteiger partial charge in [0.1, 0.15) is 0 Å². The van der Waals surface area contributed by atoms with Gasteiger partial charge >= 0.3 is 5.97 Å². The van der Waals surface area contributed by atoms with E-state index in [1.807, 2.05) is 26.5 Å². The molecule has 0 radical (unpaired) electrons. The SMILES string of the molecule is CC(c1cnn(C)c1)N(C)CCCC(=O)O. The van der Waals surface area contributed by atoms with Crippen LogP contribution < -0.4 is 0 Å². The van der Waals surface area contributed by atoms with Gasteiger partial charge in [-0.3, -0.25) is 14.4 Å². The highest BCUT2D eigenvalue weighted by molar-refractivity contribution is 5.66. The van der Waals surface area contributed by atoms with E-state index in [0.717, 1.165) is 12.1 Å². The van der Waals surface area contributed by atoms with Crippen molar-refractivity contribution in [1.82, 2.24) is 14.7 Å². The predicted molar refractivity (Wildman–Crippen MR) is 61.1 cm³/mol. The first kappa shape index (κ1) is 12.7. The van der Waals surface area contributed by atoms with Gasteiger partial charge in [-0.25, -0.2) is 0 Å². The molecule has 16 heavy (non-hydrogen) atoms. The lowest BCUT2D eigenvalue weighted by Gasteiger charge is -2.23. The Morgan fingerprint density at radius 2 is 2.38 bits per heavy atom. The summed E-state index contributed by atoms with van der Waals surface area (Å²) in [4.78, 5) is 12.5. The van der Waals surface area contributed by atoms with E-state index in [1.54, 1.807) is 4.68 Å². The number of carbonyl (C=O) groups is 1. The van der Waals surface area contributed by atoms with Gasteiger partial charge in [0, 0.05) is 31.3 Å². The first-order chi connectivity index (χ1) is 7.50. The van der Waals surface area contributed by atoms with E-state index in [1.165, 1.54) is 0 Å². The van der Waals surface area contributed by atoms with Crippen LogP contribution in [-0.2, 0) is 11.8 Å². The smallest absolute Gasteiger partial charge is 0.303 e. The molecule has 0 amide bonds. The summed E-state index contributed by atoms with van der Waals surface area (Å²) in [6.07, 6.45) is 4.73. The van der Waals surface area contributed by atoms with Gasteiger partial charge in [0.2, 0.25) is 0 Å². The van der Waals surface area contributed by atoms with Crippen molar-refractivity contribution < 1.29 is 9.90 Å². The zero-order valence-corrected chi connectivity index (χ0v) is 10.1. The van der Waals surface area contributed by atoms with Crippen molar-refractivity contribution in [2.45, 2.75) is 25.8 Å². The normalized spacial score (nSPS) is 13.0. The molecular weight excluding hydrogens is 206 g/mol. The van der Waals surface area contributed by atoms with Crippen LogP contribution in [0, 0.1) is 0 Å². The van der Waals surface area contributed by atoms with Gasteiger partial charge < -0.3 is 5.11 Å². The van der Waals surface area contributed by atoms with Crippen molar-refractivity contribution in [3.63, 3.8) is 0 Å². The van der Waals surface area contributed by atoms with Gasteiger partial charge in [-0.1, -0.05) is 0 Å². The molecule has 1 rings (SSSR count). The van der Waals surface area contributed by atoms with Crippen LogP contribution in [-0.4, -0.2) is 39.3 Å². The zero-order chi connectivity index (χ0) is 12.1. The molecule has 0 aliphatic carbocycles. The first-order valence-corrected chi connectivity index (χ1v) is 5.41. The summed E-state index contributed by atoms with van der Waals surface area (Å²) in [5, 5.41) is 12.7. The number of rotatable bonds is 6. The molecule has 1 aromatic heterocycles. The van der Waals surface area contributed by atoms with Crippen LogP contribution in [0.15, 0.2) is 12.4 Å². The quantitative estimate of drug-likeness (QED) is 0.792. The van der Waals surface area contributed by atoms with Gasteiger partial charge in [0.15, 0.2) is 0 Å². The summed E-state index contributed by atoms with van der Waals surface area (Å²) in [6.45, 7) is 2.88. The van der Waals surface area contributed by atoms with E-state index in [-0.39, 0.29) is 12.5 Å². The second-order valence-corrected chi connectivity index (χ2v) is 4.10. The molecule has 0 aliphatic heterocycles. The number of aryl methyl sites for hydroxylation is 1. The Morgan fingerprint density at radius 1 is 1.69 bits per heavy atom. The number of hydrogen-bond donors (Lipinski definition) is 1. The summed E-state index contributed by atoms with van der Waals surface area (Å²) in [6, 6.07) is 0.266. The lowest BCUT2D eigenvalue weighted by molar-refractivity contribution is -0.137. The van der Waals surface area contributed by atoms with Crippen LogP contribution in [0.5, 0.6) is 0 Å². The average molecular weight is 225 g/mol. The molecule has 90 valence electrons. The Hall–Kier alpha value is -1.36. The molecule has 1 N–H and O–H groups in total. The summed E-state index contributed by atoms with van der Waals surface area (Å²) < 4.78 is 1.77. The van der Waals surface area contributed by atoms with Crippen LogP contribution in [0.1, 0.15) is 31.4 Å². The van der Waals surface area contributed by atoms with Gasteiger partial charge in [-0.15, -0.1) is 0 Å². The van der Waals surface area contributed by atoms with Crippen LogP contribution in [0.2, 0.25) is 0 Å². The fourth-order valence-corrected chi connectivity index (χ4v) is 1.58. The number of hydrogen-bond acceptors (Lipinski definition) is 3. The molecule has 0 bridgehead atoms. The molecule has 0 saturated heterocycles. The third kappa shape index (κ3) is 3.66. The van der Waals surface area contributed by atoms with E-state index >= 15 is 0 Å². The largest absolute Gasteiger partial charge is 0.481 e. The molecule has 0 fully saturated rings. The van der Waals surface area contributed by atoms with Gasteiger partial charge in [-0.05, 0) is 26.9 Å². The minimum absolute atomic E-state index is 0.226. The lowest BCUT2D eigenvalue weighted by atomic mass is 10.1. The van der Waals surface area contributed by atoms with E-state index in [0.29, 0.717) is 6.42 Å². The summed E-state index contributed by atoms with van der Waals surface area (Å²) in [7, 11) is 3.89. The second-order valence-electron chi connectivity index (χ2n) is 4.10. The highest BCUT2D eigenvalue weighted by Crippen LogP contribution is 2.17. The van der Waals surface area contributed by atoms with Crippen molar-refractivity contribution in [1.29, 1.82) is 0 Å². The summed E-state index contributed by atoms with van der Waals surface area (Å²) in [5.41, 5.74) is 1.15. The Balaban J connectivity index is 2.41. The molecule has 5 heteroatoms. The first-order valence-electron chi connectivity index (χ1n) is 5.41. The maximum Gasteiger partial charge on any atom is 0.303 e. The number of carboxylic acids is 1. The number of carboxylic acid groups (broad SMARTS) is 1. The molecule has 0 spiro atoms. The number of nitrogens with zero attached hydrogens (tertiary/aromatic N) is 3. The maximum atomic E-state index is 10.4. The van der Waals surface area contributed by atoms with Gasteiger partial charge in [0.05, 0.1) is 6.20 Å². The molecule has 1 atom stereocenters. The van der Waals surface area contributed by atoms with E-state index in [4.69, 9.17) is 5.11 Å². The van der Waals surface area contributed by atoms with Crippen LogP contribution in [0.4, 0.5) is 0 Å². The molecule has 1 aromatic rings. The molecule has 5 nitrogen and oxygen atoms in total. The lowest BCUT2D eigenvalue weighted by Crippen LogP contribution is -2.23. The van der Waals surface area contributed by atoms with Gasteiger partial charge in [-0.2, -0.15) is 5.10 Å². The van der Waals surface area contributed by atoms with E-state index in [2.05, 4.69) is 16.9 Å². The molecule has 1 unspecified atom stereocenters. The number of aliphatic carboxylic acids is 1. The van der Waals surface area contributed by atoms with Crippen molar-refractivity contribution >= 4 is 5.97 Å². The van der Waals surface area contributed by atoms with Crippen molar-refractivity contribution in [3.8, 4) is 0 Å². The molecule has 0 aromatic carbocycles. The van der Waals surface area contributed by atoms with Gasteiger partial charge in [0.25, 0.3) is 0 Å². The minimum atomic E-state index is -0.734. The molecule has 0 saturated carbocycles. The van der Waals surface area contributed by atoms with Crippen molar-refractivity contribution in [2.24, 2.45) is 7.05 Å². The summed E-state index contributed by atoms with van der Waals surface area (Å²) in [5.74, 6) is -0.734. The maximum absolute atomic E-state index is 10.4. The Kier molecular flexibility index (Phi) is 4.49. The fourth-order valence-electron chi connectivity index (χ4n) is 1.58. The topological polar surface area (TPSA) is 58.4 Å². The van der Waals surface area contributed by atoms with Crippen molar-refractivity contribution in [3.05, 3.63) is 18.0 Å². The Labute approximate surface area is 95.7 Å². The van der Waals surface area contributed by atoms with Crippen LogP contribution >= 0.6 is 0 Å². The highest BCUT2D eigenvalue weighted by Gasteiger charge is 2.13. The predicted octanol–water partition coefficient (Wildman–Crippen LogP) is 1.28. The standard InChI is InChI=1S/C11H19N3O2/c1-9(10-7-12-14(3)8-10)13(2)6-4-5-11(15)16/h7-9H,4-6H2,1-3H3,(H,15,16). The second kappa shape index (κ2) is 5.65. The van der Waals surface area contributed by atoms with Crippen LogP contribution in [0.3, 0.4) is 0 Å². The highest BCUT2D eigenvalue weighted by atomic mass is 16.4. The fraction of sp³-hybridized carbons (Fsp3) is 0.636. The average Bonchev–Trinajstić information content (AvgIpc) is 2.63. The summed E-state index contributed by atoms with van der Waals surface area (Å²) >= 11 is 0. The minimum Gasteiger partial charge on any atom is -0.481 e. The molecule has 1 heterocycles. The monoisotopic (exact) mass is 225 g/mol. The molecular formula is C11H19N3O2. The molecule has 0 aliphatic rings.